The predicted molar refractivity (Wildman–Crippen MR) is 73.9 cm³/mol. The average Bonchev–Trinajstić information content (AvgIpc) is 2.30. The second-order valence-corrected chi connectivity index (χ2v) is 6.31. The molecule has 0 amide bonds. The Morgan fingerprint density at radius 1 is 1.16 bits per heavy atom. The van der Waals surface area contributed by atoms with Crippen LogP contribution in [-0.4, -0.2) is 7.05 Å². The van der Waals surface area contributed by atoms with Crippen molar-refractivity contribution in [3.05, 3.63) is 35.4 Å². The lowest BCUT2D eigenvalue weighted by Gasteiger charge is -2.43. The molecule has 1 nitrogen and oxygen atoms in total. The highest BCUT2D eigenvalue weighted by atomic mass is 19.1. The first-order chi connectivity index (χ1) is 8.94. The molecular weight excluding hydrogens is 244 g/mol. The largest absolute Gasteiger partial charge is 0.313 e. The zero-order chi connectivity index (χ0) is 14.0. The van der Waals surface area contributed by atoms with Crippen LogP contribution in [0.3, 0.4) is 0 Å². The maximum Gasteiger partial charge on any atom is 0.126 e. The Hall–Kier alpha value is -0.960. The van der Waals surface area contributed by atoms with Crippen molar-refractivity contribution < 1.29 is 8.78 Å². The lowest BCUT2D eigenvalue weighted by Crippen LogP contribution is -2.37. The van der Waals surface area contributed by atoms with E-state index in [-0.39, 0.29) is 11.5 Å². The van der Waals surface area contributed by atoms with E-state index in [9.17, 15) is 8.78 Å². The summed E-state index contributed by atoms with van der Waals surface area (Å²) in [6.07, 6.45) is 4.73. The molecular formula is C16H23F2N. The monoisotopic (exact) mass is 267 g/mol. The van der Waals surface area contributed by atoms with Crippen LogP contribution in [0.4, 0.5) is 8.78 Å². The first-order valence-corrected chi connectivity index (χ1v) is 7.07. The first-order valence-electron chi connectivity index (χ1n) is 7.07. The van der Waals surface area contributed by atoms with Crippen molar-refractivity contribution >= 4 is 0 Å². The Labute approximate surface area is 114 Å². The minimum absolute atomic E-state index is 0.0144. The van der Waals surface area contributed by atoms with Gasteiger partial charge in [-0.1, -0.05) is 26.7 Å². The molecule has 1 saturated carbocycles. The van der Waals surface area contributed by atoms with Crippen molar-refractivity contribution in [2.75, 3.05) is 7.05 Å². The summed E-state index contributed by atoms with van der Waals surface area (Å²) < 4.78 is 26.8. The fraction of sp³-hybridized carbons (Fsp3) is 0.625. The summed E-state index contributed by atoms with van der Waals surface area (Å²) in [4.78, 5) is 0. The van der Waals surface area contributed by atoms with Crippen LogP contribution in [0.15, 0.2) is 18.2 Å². The number of nitrogens with one attached hydrogen (secondary N) is 1. The van der Waals surface area contributed by atoms with Gasteiger partial charge in [0.1, 0.15) is 11.6 Å². The third-order valence-corrected chi connectivity index (χ3v) is 4.55. The molecule has 1 aromatic carbocycles. The molecule has 0 radical (unpaired) electrons. The van der Waals surface area contributed by atoms with Gasteiger partial charge in [0, 0.05) is 12.1 Å². The van der Waals surface area contributed by atoms with Gasteiger partial charge < -0.3 is 5.32 Å². The maximum atomic E-state index is 13.4. The van der Waals surface area contributed by atoms with Crippen LogP contribution >= 0.6 is 0 Å². The Morgan fingerprint density at radius 2 is 1.79 bits per heavy atom. The lowest BCUT2D eigenvalue weighted by atomic mass is 9.65. The summed E-state index contributed by atoms with van der Waals surface area (Å²) in [6.45, 7) is 4.52. The summed E-state index contributed by atoms with van der Waals surface area (Å²) in [6, 6.07) is 3.85. The van der Waals surface area contributed by atoms with Crippen molar-refractivity contribution in [1.82, 2.24) is 5.32 Å². The van der Waals surface area contributed by atoms with E-state index < -0.39 is 11.6 Å². The van der Waals surface area contributed by atoms with E-state index in [1.54, 1.807) is 0 Å². The van der Waals surface area contributed by atoms with E-state index >= 15 is 0 Å². The lowest BCUT2D eigenvalue weighted by molar-refractivity contribution is 0.101. The molecule has 1 fully saturated rings. The van der Waals surface area contributed by atoms with Gasteiger partial charge >= 0.3 is 0 Å². The molecule has 106 valence electrons. The fourth-order valence-corrected chi connectivity index (χ4v) is 3.49. The molecule has 0 saturated heterocycles. The van der Waals surface area contributed by atoms with Crippen molar-refractivity contribution in [2.24, 2.45) is 11.3 Å². The number of hydrogen-bond donors (Lipinski definition) is 1. The summed E-state index contributed by atoms with van der Waals surface area (Å²) in [5, 5.41) is 3.26. The standard InChI is InChI=1S/C16H23F2N/c1-16(2)7-5-4-6-14(16)15(19-3)11-8-12(17)10-13(18)9-11/h8-10,14-15,19H,4-7H2,1-3H3. The molecule has 2 unspecified atom stereocenters. The van der Waals surface area contributed by atoms with Gasteiger partial charge in [0.25, 0.3) is 0 Å². The number of benzene rings is 1. The van der Waals surface area contributed by atoms with Gasteiger partial charge in [-0.15, -0.1) is 0 Å². The molecule has 0 heterocycles. The van der Waals surface area contributed by atoms with Crippen LogP contribution in [0.1, 0.15) is 51.1 Å². The molecule has 2 rings (SSSR count). The highest BCUT2D eigenvalue weighted by molar-refractivity contribution is 5.23. The third kappa shape index (κ3) is 3.14. The second kappa shape index (κ2) is 5.58. The van der Waals surface area contributed by atoms with E-state index in [0.29, 0.717) is 5.92 Å². The summed E-state index contributed by atoms with van der Waals surface area (Å²) in [5.74, 6) is -0.583. The molecule has 0 spiro atoms. The first kappa shape index (κ1) is 14.4. The maximum absolute atomic E-state index is 13.4. The zero-order valence-electron chi connectivity index (χ0n) is 12.0. The number of halogens is 2. The molecule has 0 aliphatic heterocycles. The van der Waals surface area contributed by atoms with Crippen LogP contribution < -0.4 is 5.32 Å². The Balaban J connectivity index is 2.33. The highest BCUT2D eigenvalue weighted by Gasteiger charge is 2.37. The van der Waals surface area contributed by atoms with Gasteiger partial charge in [-0.05, 0) is 48.9 Å². The molecule has 1 aliphatic carbocycles. The molecule has 3 heteroatoms. The minimum Gasteiger partial charge on any atom is -0.313 e. The van der Waals surface area contributed by atoms with Gasteiger partial charge in [-0.25, -0.2) is 8.78 Å². The summed E-state index contributed by atoms with van der Waals surface area (Å²) in [7, 11) is 1.87. The fourth-order valence-electron chi connectivity index (χ4n) is 3.49. The van der Waals surface area contributed by atoms with Gasteiger partial charge in [0.2, 0.25) is 0 Å². The van der Waals surface area contributed by atoms with Crippen molar-refractivity contribution in [3.63, 3.8) is 0 Å². The third-order valence-electron chi connectivity index (χ3n) is 4.55. The quantitative estimate of drug-likeness (QED) is 0.853. The molecule has 1 aromatic rings. The van der Waals surface area contributed by atoms with Gasteiger partial charge in [-0.2, -0.15) is 0 Å². The van der Waals surface area contributed by atoms with Gasteiger partial charge in [-0.3, -0.25) is 0 Å². The SMILES string of the molecule is CNC(c1cc(F)cc(F)c1)C1CCCCC1(C)C. The van der Waals surface area contributed by atoms with Gasteiger partial charge in [0.15, 0.2) is 0 Å². The summed E-state index contributed by atoms with van der Waals surface area (Å²) >= 11 is 0. The van der Waals surface area contributed by atoms with Crippen LogP contribution in [-0.2, 0) is 0 Å². The topological polar surface area (TPSA) is 12.0 Å². The Kier molecular flexibility index (Phi) is 4.24. The molecule has 19 heavy (non-hydrogen) atoms. The van der Waals surface area contributed by atoms with E-state index in [1.807, 2.05) is 7.05 Å². The highest BCUT2D eigenvalue weighted by Crippen LogP contribution is 2.46. The molecule has 2 atom stereocenters. The molecule has 1 N–H and O–H groups in total. The average molecular weight is 267 g/mol. The van der Waals surface area contributed by atoms with E-state index in [0.717, 1.165) is 18.1 Å². The number of hydrogen-bond acceptors (Lipinski definition) is 1. The molecule has 1 aliphatic rings. The molecule has 0 bridgehead atoms. The predicted octanol–water partition coefficient (Wildman–Crippen LogP) is 4.44. The van der Waals surface area contributed by atoms with Crippen LogP contribution in [0.5, 0.6) is 0 Å². The number of rotatable bonds is 3. The van der Waals surface area contributed by atoms with Crippen molar-refractivity contribution in [3.8, 4) is 0 Å². The summed E-state index contributed by atoms with van der Waals surface area (Å²) in [5.41, 5.74) is 0.925. The minimum atomic E-state index is -0.496. The van der Waals surface area contributed by atoms with E-state index in [4.69, 9.17) is 0 Å². The van der Waals surface area contributed by atoms with E-state index in [1.165, 1.54) is 31.4 Å². The van der Waals surface area contributed by atoms with Crippen LogP contribution in [0.25, 0.3) is 0 Å². The van der Waals surface area contributed by atoms with Crippen molar-refractivity contribution in [1.29, 1.82) is 0 Å². The van der Waals surface area contributed by atoms with E-state index in [2.05, 4.69) is 19.2 Å². The normalized spacial score (nSPS) is 24.2. The van der Waals surface area contributed by atoms with Gasteiger partial charge in [0.05, 0.1) is 0 Å². The van der Waals surface area contributed by atoms with Crippen LogP contribution in [0, 0.1) is 23.0 Å². The van der Waals surface area contributed by atoms with Crippen LogP contribution in [0.2, 0.25) is 0 Å². The smallest absolute Gasteiger partial charge is 0.126 e. The zero-order valence-corrected chi connectivity index (χ0v) is 12.0. The Morgan fingerprint density at radius 3 is 2.32 bits per heavy atom. The Bertz CT molecular complexity index is 422. The molecule has 0 aromatic heterocycles. The van der Waals surface area contributed by atoms with Crippen molar-refractivity contribution in [2.45, 2.75) is 45.6 Å². The second-order valence-electron chi connectivity index (χ2n) is 6.31.